The Kier molecular flexibility index (Phi) is 3.30. The van der Waals surface area contributed by atoms with Gasteiger partial charge in [0.25, 0.3) is 5.89 Å². The van der Waals surface area contributed by atoms with Crippen LogP contribution in [0.15, 0.2) is 40.9 Å². The summed E-state index contributed by atoms with van der Waals surface area (Å²) < 4.78 is 5.02. The third-order valence-electron chi connectivity index (χ3n) is 3.04. The fourth-order valence-corrected chi connectivity index (χ4v) is 1.97. The molecule has 0 aliphatic heterocycles. The van der Waals surface area contributed by atoms with Crippen LogP contribution in [-0.2, 0) is 0 Å². The first-order valence-corrected chi connectivity index (χ1v) is 6.29. The molecule has 3 aromatic rings. The molecule has 0 radical (unpaired) electrons. The van der Waals surface area contributed by atoms with E-state index >= 15 is 0 Å². The van der Waals surface area contributed by atoms with E-state index in [9.17, 15) is 25.4 Å². The second-order valence-electron chi connectivity index (χ2n) is 4.59. The summed E-state index contributed by atoms with van der Waals surface area (Å²) in [5.41, 5.74) is -0.125. The van der Waals surface area contributed by atoms with Crippen molar-refractivity contribution in [3.8, 4) is 40.1 Å². The number of benzene rings is 2. The van der Waals surface area contributed by atoms with E-state index in [2.05, 4.69) is 10.1 Å². The molecular weight excluding hydrogens is 306 g/mol. The van der Waals surface area contributed by atoms with Crippen LogP contribution in [0.4, 0.5) is 5.69 Å². The Labute approximate surface area is 128 Å². The lowest BCUT2D eigenvalue weighted by Gasteiger charge is -2.01. The minimum atomic E-state index is -0.842. The summed E-state index contributed by atoms with van der Waals surface area (Å²) in [5, 5.41) is 43.1. The predicted molar refractivity (Wildman–Crippen MR) is 76.8 cm³/mol. The highest BCUT2D eigenvalue weighted by molar-refractivity contribution is 5.68. The topological polar surface area (TPSA) is 143 Å². The van der Waals surface area contributed by atoms with Gasteiger partial charge in [0.2, 0.25) is 11.6 Å². The summed E-state index contributed by atoms with van der Waals surface area (Å²) in [6.07, 6.45) is 0. The predicted octanol–water partition coefficient (Wildman–Crippen LogP) is 2.43. The molecule has 116 valence electrons. The minimum absolute atomic E-state index is 0.0202. The summed E-state index contributed by atoms with van der Waals surface area (Å²) in [7, 11) is 0. The van der Waals surface area contributed by atoms with E-state index < -0.39 is 22.1 Å². The van der Waals surface area contributed by atoms with Gasteiger partial charge in [-0.2, -0.15) is 4.98 Å². The van der Waals surface area contributed by atoms with Crippen molar-refractivity contribution in [2.45, 2.75) is 0 Å². The van der Waals surface area contributed by atoms with Crippen molar-refractivity contribution < 1.29 is 24.8 Å². The SMILES string of the molecule is O=[N+]([O-])c1cc(-c2nc(-c3cccc(O)c3)no2)cc(O)c1O. The fraction of sp³-hybridized carbons (Fsp3) is 0. The van der Waals surface area contributed by atoms with Gasteiger partial charge >= 0.3 is 5.69 Å². The summed E-state index contributed by atoms with van der Waals surface area (Å²) in [6.45, 7) is 0. The molecule has 0 amide bonds. The number of aromatic hydroxyl groups is 3. The standard InChI is InChI=1S/C14H9N3O6/c18-9-3-1-2-7(4-9)13-15-14(23-16-13)8-5-10(17(21)22)12(20)11(19)6-8/h1-6,18-20H. The van der Waals surface area contributed by atoms with Crippen molar-refractivity contribution in [3.63, 3.8) is 0 Å². The van der Waals surface area contributed by atoms with E-state index in [1.807, 2.05) is 0 Å². The molecule has 3 rings (SSSR count). The first-order valence-electron chi connectivity index (χ1n) is 6.29. The molecule has 0 spiro atoms. The highest BCUT2D eigenvalue weighted by Crippen LogP contribution is 2.39. The summed E-state index contributed by atoms with van der Waals surface area (Å²) in [6, 6.07) is 8.22. The van der Waals surface area contributed by atoms with E-state index in [0.29, 0.717) is 5.56 Å². The zero-order valence-electron chi connectivity index (χ0n) is 11.4. The van der Waals surface area contributed by atoms with Crippen LogP contribution in [0.3, 0.4) is 0 Å². The Morgan fingerprint density at radius 2 is 1.87 bits per heavy atom. The number of phenols is 3. The smallest absolute Gasteiger partial charge is 0.315 e. The first kappa shape index (κ1) is 14.3. The Balaban J connectivity index is 2.06. The van der Waals surface area contributed by atoms with Gasteiger partial charge in [-0.1, -0.05) is 17.3 Å². The lowest BCUT2D eigenvalue weighted by atomic mass is 10.1. The van der Waals surface area contributed by atoms with E-state index in [0.717, 1.165) is 12.1 Å². The van der Waals surface area contributed by atoms with E-state index in [1.165, 1.54) is 12.1 Å². The third kappa shape index (κ3) is 2.62. The Bertz CT molecular complexity index is 905. The van der Waals surface area contributed by atoms with Gasteiger partial charge in [0.15, 0.2) is 5.75 Å². The van der Waals surface area contributed by atoms with Gasteiger partial charge in [0, 0.05) is 11.6 Å². The largest absolute Gasteiger partial charge is 0.508 e. The molecule has 0 atom stereocenters. The van der Waals surface area contributed by atoms with Gasteiger partial charge < -0.3 is 19.8 Å². The monoisotopic (exact) mass is 315 g/mol. The number of aromatic nitrogens is 2. The maximum Gasteiger partial charge on any atom is 0.315 e. The summed E-state index contributed by atoms with van der Waals surface area (Å²) in [4.78, 5) is 14.1. The van der Waals surface area contributed by atoms with Gasteiger partial charge in [-0.25, -0.2) is 0 Å². The molecule has 1 aromatic heterocycles. The molecule has 0 saturated heterocycles. The molecule has 0 bridgehead atoms. The maximum absolute atomic E-state index is 10.9. The molecule has 0 aliphatic carbocycles. The number of nitro groups is 1. The molecule has 1 heterocycles. The van der Waals surface area contributed by atoms with Gasteiger partial charge in [-0.15, -0.1) is 0 Å². The molecule has 0 unspecified atom stereocenters. The molecule has 9 heteroatoms. The van der Waals surface area contributed by atoms with Crippen molar-refractivity contribution >= 4 is 5.69 Å². The first-order chi connectivity index (χ1) is 11.0. The summed E-state index contributed by atoms with van der Waals surface area (Å²) in [5.74, 6) is -1.42. The highest BCUT2D eigenvalue weighted by Gasteiger charge is 2.22. The van der Waals surface area contributed by atoms with Crippen molar-refractivity contribution in [2.75, 3.05) is 0 Å². The highest BCUT2D eigenvalue weighted by atomic mass is 16.6. The van der Waals surface area contributed by atoms with Crippen LogP contribution < -0.4 is 0 Å². The number of phenolic OH excluding ortho intramolecular Hbond substituents is 3. The fourth-order valence-electron chi connectivity index (χ4n) is 1.97. The molecule has 0 aliphatic rings. The Morgan fingerprint density at radius 3 is 2.57 bits per heavy atom. The van der Waals surface area contributed by atoms with Gasteiger partial charge in [-0.05, 0) is 18.2 Å². The van der Waals surface area contributed by atoms with Crippen LogP contribution in [0, 0.1) is 10.1 Å². The molecule has 9 nitrogen and oxygen atoms in total. The minimum Gasteiger partial charge on any atom is -0.508 e. The normalized spacial score (nSPS) is 10.6. The molecule has 3 N–H and O–H groups in total. The zero-order valence-corrected chi connectivity index (χ0v) is 11.4. The second-order valence-corrected chi connectivity index (χ2v) is 4.59. The van der Waals surface area contributed by atoms with Crippen molar-refractivity contribution in [2.24, 2.45) is 0 Å². The molecule has 23 heavy (non-hydrogen) atoms. The van der Waals surface area contributed by atoms with E-state index in [-0.39, 0.29) is 23.0 Å². The maximum atomic E-state index is 10.9. The number of hydrogen-bond donors (Lipinski definition) is 3. The van der Waals surface area contributed by atoms with E-state index in [1.54, 1.807) is 12.1 Å². The molecule has 0 saturated carbocycles. The summed E-state index contributed by atoms with van der Waals surface area (Å²) >= 11 is 0. The number of nitrogens with zero attached hydrogens (tertiary/aromatic N) is 3. The van der Waals surface area contributed by atoms with Gasteiger partial charge in [-0.3, -0.25) is 10.1 Å². The van der Waals surface area contributed by atoms with Crippen LogP contribution in [0.2, 0.25) is 0 Å². The lowest BCUT2D eigenvalue weighted by Crippen LogP contribution is -1.90. The Morgan fingerprint density at radius 1 is 1.09 bits per heavy atom. The van der Waals surface area contributed by atoms with Gasteiger partial charge in [0.1, 0.15) is 5.75 Å². The van der Waals surface area contributed by atoms with Crippen molar-refractivity contribution in [1.82, 2.24) is 10.1 Å². The van der Waals surface area contributed by atoms with Crippen LogP contribution in [0.1, 0.15) is 0 Å². The van der Waals surface area contributed by atoms with Gasteiger partial charge in [0.05, 0.1) is 10.5 Å². The van der Waals surface area contributed by atoms with Crippen molar-refractivity contribution in [1.29, 1.82) is 0 Å². The lowest BCUT2D eigenvalue weighted by molar-refractivity contribution is -0.385. The third-order valence-corrected chi connectivity index (χ3v) is 3.04. The van der Waals surface area contributed by atoms with Crippen LogP contribution in [0.5, 0.6) is 17.2 Å². The second kappa shape index (κ2) is 5.30. The number of nitro benzene ring substituents is 1. The average molecular weight is 315 g/mol. The van der Waals surface area contributed by atoms with Crippen LogP contribution in [0.25, 0.3) is 22.8 Å². The number of hydrogen-bond acceptors (Lipinski definition) is 8. The van der Waals surface area contributed by atoms with Crippen LogP contribution in [-0.4, -0.2) is 30.4 Å². The van der Waals surface area contributed by atoms with E-state index in [4.69, 9.17) is 4.52 Å². The molecule has 0 fully saturated rings. The van der Waals surface area contributed by atoms with Crippen molar-refractivity contribution in [3.05, 3.63) is 46.5 Å². The molecule has 2 aromatic carbocycles. The zero-order chi connectivity index (χ0) is 16.6. The number of rotatable bonds is 3. The van der Waals surface area contributed by atoms with Crippen LogP contribution >= 0.6 is 0 Å². The average Bonchev–Trinajstić information content (AvgIpc) is 2.99. The Hall–Kier alpha value is -3.62. The molecular formula is C14H9N3O6. The quantitative estimate of drug-likeness (QED) is 0.380.